The minimum absolute atomic E-state index is 0.00919. The third-order valence-electron chi connectivity index (χ3n) is 4.13. The summed E-state index contributed by atoms with van der Waals surface area (Å²) in [5.41, 5.74) is 4.05. The number of carbonyl (C=O) groups excluding carboxylic acids is 1. The van der Waals surface area contributed by atoms with Gasteiger partial charge in [0.2, 0.25) is 5.91 Å². The van der Waals surface area contributed by atoms with E-state index in [0.29, 0.717) is 25.8 Å². The summed E-state index contributed by atoms with van der Waals surface area (Å²) in [5.74, 6) is 0.00919. The molecule has 2 aromatic heterocycles. The molecule has 0 aliphatic heterocycles. The minimum Gasteiger partial charge on any atom is -0.350 e. The fraction of sp³-hybridized carbons (Fsp3) is 0.444. The lowest BCUT2D eigenvalue weighted by molar-refractivity contribution is -0.121. The number of nitrogens with zero attached hydrogens (tertiary/aromatic N) is 4. The van der Waals surface area contributed by atoms with Crippen LogP contribution in [0, 0.1) is 25.2 Å². The Labute approximate surface area is 142 Å². The van der Waals surface area contributed by atoms with Gasteiger partial charge in [-0.15, -0.1) is 0 Å². The molecule has 0 aromatic carbocycles. The normalized spacial score (nSPS) is 11.8. The quantitative estimate of drug-likeness (QED) is 0.848. The Morgan fingerprint density at radius 2 is 2.25 bits per heavy atom. The van der Waals surface area contributed by atoms with Crippen molar-refractivity contribution in [3.05, 3.63) is 47.0 Å². The van der Waals surface area contributed by atoms with E-state index < -0.39 is 0 Å². The lowest BCUT2D eigenvalue weighted by Gasteiger charge is -2.13. The van der Waals surface area contributed by atoms with E-state index in [4.69, 9.17) is 5.26 Å². The molecule has 6 nitrogen and oxygen atoms in total. The van der Waals surface area contributed by atoms with E-state index in [1.165, 1.54) is 0 Å². The van der Waals surface area contributed by atoms with Gasteiger partial charge in [0.15, 0.2) is 0 Å². The predicted molar refractivity (Wildman–Crippen MR) is 91.0 cm³/mol. The maximum atomic E-state index is 12.2. The molecule has 2 aromatic rings. The lowest BCUT2D eigenvalue weighted by atomic mass is 10.1. The van der Waals surface area contributed by atoms with E-state index >= 15 is 0 Å². The van der Waals surface area contributed by atoms with Crippen molar-refractivity contribution in [2.75, 3.05) is 0 Å². The fourth-order valence-corrected chi connectivity index (χ4v) is 2.74. The van der Waals surface area contributed by atoms with Crippen LogP contribution in [0.25, 0.3) is 0 Å². The van der Waals surface area contributed by atoms with Crippen LogP contribution in [0.4, 0.5) is 0 Å². The molecule has 2 heterocycles. The van der Waals surface area contributed by atoms with Gasteiger partial charge in [-0.3, -0.25) is 14.5 Å². The number of amides is 1. The first kappa shape index (κ1) is 17.7. The molecule has 0 saturated carbocycles. The zero-order valence-corrected chi connectivity index (χ0v) is 14.4. The molecule has 0 aliphatic rings. The van der Waals surface area contributed by atoms with Crippen LogP contribution in [0.15, 0.2) is 24.5 Å². The first-order chi connectivity index (χ1) is 11.5. The molecule has 0 fully saturated rings. The van der Waals surface area contributed by atoms with Gasteiger partial charge in [0.1, 0.15) is 0 Å². The number of aryl methyl sites for hydroxylation is 2. The molecule has 24 heavy (non-hydrogen) atoms. The Bertz CT molecular complexity index is 730. The van der Waals surface area contributed by atoms with Crippen molar-refractivity contribution in [3.63, 3.8) is 0 Å². The smallest absolute Gasteiger partial charge is 0.220 e. The summed E-state index contributed by atoms with van der Waals surface area (Å²) in [7, 11) is 0. The fourth-order valence-electron chi connectivity index (χ4n) is 2.74. The first-order valence-electron chi connectivity index (χ1n) is 8.12. The van der Waals surface area contributed by atoms with Gasteiger partial charge in [-0.05, 0) is 44.4 Å². The van der Waals surface area contributed by atoms with Crippen LogP contribution < -0.4 is 5.32 Å². The largest absolute Gasteiger partial charge is 0.350 e. The van der Waals surface area contributed by atoms with Crippen molar-refractivity contribution in [2.45, 2.75) is 52.6 Å². The van der Waals surface area contributed by atoms with Crippen LogP contribution in [0.2, 0.25) is 0 Å². The van der Waals surface area contributed by atoms with Crippen LogP contribution in [-0.4, -0.2) is 20.7 Å². The third kappa shape index (κ3) is 4.42. The van der Waals surface area contributed by atoms with Gasteiger partial charge in [0, 0.05) is 24.5 Å². The summed E-state index contributed by atoms with van der Waals surface area (Å²) in [6.07, 6.45) is 4.97. The highest BCUT2D eigenvalue weighted by molar-refractivity contribution is 5.76. The average Bonchev–Trinajstić information content (AvgIpc) is 2.85. The van der Waals surface area contributed by atoms with Crippen molar-refractivity contribution in [2.24, 2.45) is 0 Å². The van der Waals surface area contributed by atoms with Crippen molar-refractivity contribution in [3.8, 4) is 6.07 Å². The molecule has 0 unspecified atom stereocenters. The minimum atomic E-state index is -0.0632. The molecule has 2 rings (SSSR count). The Morgan fingerprint density at radius 1 is 1.46 bits per heavy atom. The standard InChI is InChI=1S/C18H23N5O/c1-13(16-6-4-10-20-12-16)21-18(24)8-7-17-14(2)22-23(15(17)3)11-5-9-19/h4,6,10,12-13H,5,7-8,11H2,1-3H3,(H,21,24)/t13-/m0/s1. The average molecular weight is 325 g/mol. The van der Waals surface area contributed by atoms with Crippen molar-refractivity contribution < 1.29 is 4.79 Å². The van der Waals surface area contributed by atoms with Crippen LogP contribution in [0.1, 0.15) is 48.3 Å². The van der Waals surface area contributed by atoms with E-state index in [-0.39, 0.29) is 11.9 Å². The summed E-state index contributed by atoms with van der Waals surface area (Å²) in [6.45, 7) is 6.48. The molecular weight excluding hydrogens is 302 g/mol. The molecule has 0 saturated heterocycles. The second-order valence-electron chi connectivity index (χ2n) is 5.86. The lowest BCUT2D eigenvalue weighted by Crippen LogP contribution is -2.27. The van der Waals surface area contributed by atoms with Crippen molar-refractivity contribution >= 4 is 5.91 Å². The first-order valence-corrected chi connectivity index (χ1v) is 8.12. The van der Waals surface area contributed by atoms with Gasteiger partial charge >= 0.3 is 0 Å². The molecule has 126 valence electrons. The SMILES string of the molecule is Cc1nn(CCC#N)c(C)c1CCC(=O)N[C@@H](C)c1cccnc1. The molecule has 1 amide bonds. The van der Waals surface area contributed by atoms with Crippen LogP contribution in [-0.2, 0) is 17.8 Å². The Morgan fingerprint density at radius 3 is 2.92 bits per heavy atom. The Balaban J connectivity index is 1.92. The van der Waals surface area contributed by atoms with Gasteiger partial charge in [-0.1, -0.05) is 6.07 Å². The highest BCUT2D eigenvalue weighted by Crippen LogP contribution is 2.16. The Kier molecular flexibility index (Phi) is 6.07. The molecule has 1 N–H and O–H groups in total. The second-order valence-corrected chi connectivity index (χ2v) is 5.86. The summed E-state index contributed by atoms with van der Waals surface area (Å²) in [5, 5.41) is 16.2. The van der Waals surface area contributed by atoms with E-state index in [0.717, 1.165) is 22.5 Å². The highest BCUT2D eigenvalue weighted by Gasteiger charge is 2.14. The van der Waals surface area contributed by atoms with E-state index in [9.17, 15) is 4.79 Å². The summed E-state index contributed by atoms with van der Waals surface area (Å²) in [4.78, 5) is 16.3. The highest BCUT2D eigenvalue weighted by atomic mass is 16.1. The molecule has 0 spiro atoms. The predicted octanol–water partition coefficient (Wildman–Crippen LogP) is 2.62. The van der Waals surface area contributed by atoms with Gasteiger partial charge < -0.3 is 5.32 Å². The maximum Gasteiger partial charge on any atom is 0.220 e. The van der Waals surface area contributed by atoms with Gasteiger partial charge in [-0.25, -0.2) is 0 Å². The van der Waals surface area contributed by atoms with Gasteiger partial charge in [0.25, 0.3) is 0 Å². The van der Waals surface area contributed by atoms with Crippen LogP contribution in [0.5, 0.6) is 0 Å². The van der Waals surface area contributed by atoms with E-state index in [1.807, 2.05) is 37.6 Å². The maximum absolute atomic E-state index is 12.2. The summed E-state index contributed by atoms with van der Waals surface area (Å²) < 4.78 is 1.85. The number of pyridine rings is 1. The van der Waals surface area contributed by atoms with E-state index in [1.54, 1.807) is 12.4 Å². The Hall–Kier alpha value is -2.68. The van der Waals surface area contributed by atoms with Gasteiger partial charge in [-0.2, -0.15) is 10.4 Å². The number of hydrogen-bond acceptors (Lipinski definition) is 4. The molecule has 6 heteroatoms. The van der Waals surface area contributed by atoms with Crippen molar-refractivity contribution in [1.29, 1.82) is 5.26 Å². The molecular formula is C18H23N5O. The number of nitriles is 1. The third-order valence-corrected chi connectivity index (χ3v) is 4.13. The van der Waals surface area contributed by atoms with Crippen LogP contribution >= 0.6 is 0 Å². The van der Waals surface area contributed by atoms with Crippen molar-refractivity contribution in [1.82, 2.24) is 20.1 Å². The monoisotopic (exact) mass is 325 g/mol. The number of hydrogen-bond donors (Lipinski definition) is 1. The number of carbonyl (C=O) groups is 1. The number of aromatic nitrogens is 3. The van der Waals surface area contributed by atoms with Crippen LogP contribution in [0.3, 0.4) is 0 Å². The van der Waals surface area contributed by atoms with Gasteiger partial charge in [0.05, 0.1) is 30.8 Å². The number of nitrogens with one attached hydrogen (secondary N) is 1. The zero-order chi connectivity index (χ0) is 17.5. The number of rotatable bonds is 7. The summed E-state index contributed by atoms with van der Waals surface area (Å²) >= 11 is 0. The topological polar surface area (TPSA) is 83.6 Å². The molecule has 1 atom stereocenters. The van der Waals surface area contributed by atoms with E-state index in [2.05, 4.69) is 21.5 Å². The zero-order valence-electron chi connectivity index (χ0n) is 14.4. The molecule has 0 aliphatic carbocycles. The molecule has 0 bridgehead atoms. The molecule has 0 radical (unpaired) electrons. The second kappa shape index (κ2) is 8.25. The summed E-state index contributed by atoms with van der Waals surface area (Å²) in [6, 6.07) is 5.88.